The number of alkyl halides is 2. The van der Waals surface area contributed by atoms with Gasteiger partial charge in [0.15, 0.2) is 23.2 Å². The van der Waals surface area contributed by atoms with Crippen LogP contribution in [0.2, 0.25) is 0 Å². The molecule has 0 spiro atoms. The zero-order valence-corrected chi connectivity index (χ0v) is 6.95. The molecule has 0 aliphatic heterocycles. The van der Waals surface area contributed by atoms with Gasteiger partial charge in [0, 0.05) is 6.07 Å². The van der Waals surface area contributed by atoms with Crippen LogP contribution < -0.4 is 4.74 Å². The predicted octanol–water partition coefficient (Wildman–Crippen LogP) is 3.05. The molecule has 0 saturated carbocycles. The van der Waals surface area contributed by atoms with Crippen molar-refractivity contribution in [1.29, 1.82) is 0 Å². The van der Waals surface area contributed by atoms with Gasteiger partial charge in [-0.2, -0.15) is 0 Å². The Morgan fingerprint density at radius 3 is 2.14 bits per heavy atom. The second-order valence-corrected chi connectivity index (χ2v) is 2.40. The van der Waals surface area contributed by atoms with Crippen LogP contribution in [0.15, 0.2) is 6.07 Å². The van der Waals surface area contributed by atoms with E-state index in [9.17, 15) is 22.0 Å². The second kappa shape index (κ2) is 3.81. The van der Waals surface area contributed by atoms with Gasteiger partial charge in [0.1, 0.15) is 0 Å². The Morgan fingerprint density at radius 1 is 1.14 bits per heavy atom. The lowest BCUT2D eigenvalue weighted by Crippen LogP contribution is -2.02. The molecule has 0 radical (unpaired) electrons. The highest BCUT2D eigenvalue weighted by molar-refractivity contribution is 5.34. The minimum Gasteiger partial charge on any atom is -0.494 e. The van der Waals surface area contributed by atoms with E-state index in [2.05, 4.69) is 4.74 Å². The summed E-state index contributed by atoms with van der Waals surface area (Å²) in [5, 5.41) is 0. The monoisotopic (exact) mass is 212 g/mol. The topological polar surface area (TPSA) is 9.23 Å². The molecule has 1 aromatic carbocycles. The first-order valence-electron chi connectivity index (χ1n) is 3.48. The third-order valence-electron chi connectivity index (χ3n) is 1.59. The van der Waals surface area contributed by atoms with Crippen LogP contribution >= 0.6 is 0 Å². The molecular weight excluding hydrogens is 207 g/mol. The molecule has 1 aromatic rings. The zero-order chi connectivity index (χ0) is 10.9. The molecule has 0 saturated heterocycles. The maximum absolute atomic E-state index is 13.0. The number of halogens is 5. The van der Waals surface area contributed by atoms with Gasteiger partial charge in [0.2, 0.25) is 0 Å². The number of benzene rings is 1. The van der Waals surface area contributed by atoms with Crippen LogP contribution in [0.5, 0.6) is 5.75 Å². The fourth-order valence-corrected chi connectivity index (χ4v) is 0.940. The van der Waals surface area contributed by atoms with Crippen molar-refractivity contribution in [2.75, 3.05) is 7.11 Å². The highest BCUT2D eigenvalue weighted by Gasteiger charge is 2.25. The molecule has 0 atom stereocenters. The van der Waals surface area contributed by atoms with Crippen molar-refractivity contribution in [2.45, 2.75) is 6.43 Å². The van der Waals surface area contributed by atoms with Crippen molar-refractivity contribution in [3.63, 3.8) is 0 Å². The summed E-state index contributed by atoms with van der Waals surface area (Å²) in [7, 11) is 0.963. The number of methoxy groups -OCH3 is 1. The Bertz CT molecular complexity index is 350. The van der Waals surface area contributed by atoms with Crippen molar-refractivity contribution in [3.05, 3.63) is 29.1 Å². The van der Waals surface area contributed by atoms with Gasteiger partial charge in [-0.05, 0) is 0 Å². The standard InChI is InChI=1S/C8H5F5O/c1-14-4-2-3(9)6(10)5(7(4)11)8(12)13/h2,8H,1H3. The lowest BCUT2D eigenvalue weighted by Gasteiger charge is -2.08. The molecule has 0 aliphatic rings. The minimum atomic E-state index is -3.43. The average Bonchev–Trinajstić information content (AvgIpc) is 2.11. The number of hydrogen-bond donors (Lipinski definition) is 0. The highest BCUT2D eigenvalue weighted by Crippen LogP contribution is 2.32. The average molecular weight is 212 g/mol. The molecule has 0 heterocycles. The summed E-state index contributed by atoms with van der Waals surface area (Å²) in [6, 6.07) is 0.372. The van der Waals surface area contributed by atoms with Gasteiger partial charge in [-0.15, -0.1) is 0 Å². The number of rotatable bonds is 2. The number of hydrogen-bond acceptors (Lipinski definition) is 1. The molecular formula is C8H5F5O. The SMILES string of the molecule is COc1cc(F)c(F)c(C(F)F)c1F. The molecule has 0 unspecified atom stereocenters. The van der Waals surface area contributed by atoms with Crippen molar-refractivity contribution < 1.29 is 26.7 Å². The summed E-state index contributed by atoms with van der Waals surface area (Å²) >= 11 is 0. The quantitative estimate of drug-likeness (QED) is 0.540. The van der Waals surface area contributed by atoms with Gasteiger partial charge < -0.3 is 4.74 Å². The van der Waals surface area contributed by atoms with Crippen molar-refractivity contribution in [2.24, 2.45) is 0 Å². The van der Waals surface area contributed by atoms with Crippen LogP contribution in [0.1, 0.15) is 12.0 Å². The van der Waals surface area contributed by atoms with Crippen LogP contribution in [-0.2, 0) is 0 Å². The van der Waals surface area contributed by atoms with Gasteiger partial charge in [0.25, 0.3) is 6.43 Å². The molecule has 78 valence electrons. The summed E-state index contributed by atoms with van der Waals surface area (Å²) in [6.07, 6.45) is -3.43. The maximum atomic E-state index is 13.0. The molecule has 0 N–H and O–H groups in total. The fourth-order valence-electron chi connectivity index (χ4n) is 0.940. The van der Waals surface area contributed by atoms with E-state index in [0.717, 1.165) is 7.11 Å². The summed E-state index contributed by atoms with van der Waals surface area (Å²) in [6.45, 7) is 0. The summed E-state index contributed by atoms with van der Waals surface area (Å²) in [4.78, 5) is 0. The second-order valence-electron chi connectivity index (χ2n) is 2.40. The van der Waals surface area contributed by atoms with Crippen LogP contribution in [-0.4, -0.2) is 7.11 Å². The smallest absolute Gasteiger partial charge is 0.269 e. The highest BCUT2D eigenvalue weighted by atomic mass is 19.3. The van der Waals surface area contributed by atoms with E-state index in [1.165, 1.54) is 0 Å². The summed E-state index contributed by atoms with van der Waals surface area (Å²) in [5.41, 5.74) is -1.61. The lowest BCUT2D eigenvalue weighted by molar-refractivity contribution is 0.138. The zero-order valence-electron chi connectivity index (χ0n) is 6.95. The lowest BCUT2D eigenvalue weighted by atomic mass is 10.2. The predicted molar refractivity (Wildman–Crippen MR) is 37.8 cm³/mol. The molecule has 0 bridgehead atoms. The largest absolute Gasteiger partial charge is 0.494 e. The van der Waals surface area contributed by atoms with Gasteiger partial charge >= 0.3 is 0 Å². The van der Waals surface area contributed by atoms with Crippen molar-refractivity contribution in [1.82, 2.24) is 0 Å². The van der Waals surface area contributed by atoms with Gasteiger partial charge in [-0.1, -0.05) is 0 Å². The third kappa shape index (κ3) is 1.64. The van der Waals surface area contributed by atoms with Gasteiger partial charge in [-0.25, -0.2) is 22.0 Å². The third-order valence-corrected chi connectivity index (χ3v) is 1.59. The van der Waals surface area contributed by atoms with Crippen LogP contribution in [0.25, 0.3) is 0 Å². The Morgan fingerprint density at radius 2 is 1.71 bits per heavy atom. The Balaban J connectivity index is 3.45. The van der Waals surface area contributed by atoms with E-state index < -0.39 is 35.2 Å². The van der Waals surface area contributed by atoms with Gasteiger partial charge in [-0.3, -0.25) is 0 Å². The molecule has 6 heteroatoms. The number of ether oxygens (including phenoxy) is 1. The molecule has 0 amide bonds. The van der Waals surface area contributed by atoms with E-state index in [4.69, 9.17) is 0 Å². The maximum Gasteiger partial charge on any atom is 0.269 e. The van der Waals surface area contributed by atoms with Crippen LogP contribution in [0.4, 0.5) is 22.0 Å². The van der Waals surface area contributed by atoms with E-state index in [1.54, 1.807) is 0 Å². The van der Waals surface area contributed by atoms with Crippen LogP contribution in [0, 0.1) is 17.5 Å². The van der Waals surface area contributed by atoms with E-state index in [0.29, 0.717) is 6.07 Å². The van der Waals surface area contributed by atoms with E-state index >= 15 is 0 Å². The first kappa shape index (κ1) is 10.7. The van der Waals surface area contributed by atoms with E-state index in [1.807, 2.05) is 0 Å². The first-order chi connectivity index (χ1) is 6.49. The molecule has 0 aliphatic carbocycles. The Kier molecular flexibility index (Phi) is 2.93. The molecule has 1 rings (SSSR count). The van der Waals surface area contributed by atoms with Crippen molar-refractivity contribution >= 4 is 0 Å². The minimum absolute atomic E-state index is 0.372. The first-order valence-corrected chi connectivity index (χ1v) is 3.48. The normalized spacial score (nSPS) is 10.8. The summed E-state index contributed by atoms with van der Waals surface area (Å²) in [5.74, 6) is -5.79. The molecule has 0 fully saturated rings. The Hall–Kier alpha value is -1.33. The molecule has 1 nitrogen and oxygen atoms in total. The molecule has 14 heavy (non-hydrogen) atoms. The van der Waals surface area contributed by atoms with Crippen molar-refractivity contribution in [3.8, 4) is 5.75 Å². The van der Waals surface area contributed by atoms with Crippen LogP contribution in [0.3, 0.4) is 0 Å². The fraction of sp³-hybridized carbons (Fsp3) is 0.250. The van der Waals surface area contributed by atoms with E-state index in [-0.39, 0.29) is 0 Å². The Labute approximate surface area is 76.1 Å². The molecule has 0 aromatic heterocycles. The summed E-state index contributed by atoms with van der Waals surface area (Å²) < 4.78 is 66.7. The van der Waals surface area contributed by atoms with Gasteiger partial charge in [0.05, 0.1) is 12.7 Å².